The molecule has 0 aromatic carbocycles. The fraction of sp³-hybridized carbons (Fsp3) is 0.727. The summed E-state index contributed by atoms with van der Waals surface area (Å²) in [6.07, 6.45) is 0.107. The van der Waals surface area contributed by atoms with Crippen molar-refractivity contribution >= 4 is 21.9 Å². The number of carbonyl (C=O) groups excluding carboxylic acids is 2. The number of carbonyl (C=O) groups is 2. The summed E-state index contributed by atoms with van der Waals surface area (Å²) in [6, 6.07) is 2.27. The fourth-order valence-corrected chi connectivity index (χ4v) is 5.88. The third kappa shape index (κ3) is 5.76. The summed E-state index contributed by atoms with van der Waals surface area (Å²) in [4.78, 5) is 29.1. The molecule has 3 heterocycles. The average molecular weight is 486 g/mol. The summed E-state index contributed by atoms with van der Waals surface area (Å²) in [5, 5.41) is -0.304. The van der Waals surface area contributed by atoms with Gasteiger partial charge in [-0.05, 0) is 38.8 Å². The second-order valence-corrected chi connectivity index (χ2v) is 10.8. The fourth-order valence-electron chi connectivity index (χ4n) is 4.54. The third-order valence-electron chi connectivity index (χ3n) is 5.93. The minimum Gasteiger partial charge on any atom is -0.460 e. The standard InChI is InChI=1S/C22H35N3O7S/c1-6-30-22(27)18-7-8-19(32-18)33(28,29)25-11-9-23(10-12-25)21(26)20(15(2)3)24-13-16(4)31-17(5)14-24/h7-8,15-17,20H,6,9-14H2,1-5H3. The highest BCUT2D eigenvalue weighted by Crippen LogP contribution is 2.24. The summed E-state index contributed by atoms with van der Waals surface area (Å²) in [6.45, 7) is 12.2. The minimum absolute atomic E-state index is 0.0194. The summed E-state index contributed by atoms with van der Waals surface area (Å²) in [5.74, 6) is -0.731. The monoisotopic (exact) mass is 485 g/mol. The van der Waals surface area contributed by atoms with Crippen LogP contribution >= 0.6 is 0 Å². The molecule has 11 heteroatoms. The number of sulfonamides is 1. The zero-order chi connectivity index (χ0) is 24.3. The number of rotatable bonds is 7. The number of hydrogen-bond acceptors (Lipinski definition) is 8. The first-order valence-corrected chi connectivity index (χ1v) is 12.9. The van der Waals surface area contributed by atoms with Gasteiger partial charge in [0.2, 0.25) is 16.8 Å². The third-order valence-corrected chi connectivity index (χ3v) is 7.70. The van der Waals surface area contributed by atoms with Crippen molar-refractivity contribution in [3.05, 3.63) is 17.9 Å². The van der Waals surface area contributed by atoms with Gasteiger partial charge < -0.3 is 18.8 Å². The van der Waals surface area contributed by atoms with Crippen molar-refractivity contribution in [3.63, 3.8) is 0 Å². The number of furan rings is 1. The molecular weight excluding hydrogens is 450 g/mol. The van der Waals surface area contributed by atoms with Crippen molar-refractivity contribution in [2.45, 2.75) is 58.0 Å². The molecule has 186 valence electrons. The highest BCUT2D eigenvalue weighted by atomic mass is 32.2. The molecule has 3 unspecified atom stereocenters. The molecule has 0 bridgehead atoms. The Morgan fingerprint density at radius 3 is 2.24 bits per heavy atom. The van der Waals surface area contributed by atoms with Crippen LogP contribution in [0.1, 0.15) is 45.2 Å². The van der Waals surface area contributed by atoms with E-state index < -0.39 is 16.0 Å². The zero-order valence-electron chi connectivity index (χ0n) is 20.0. The second-order valence-electron chi connectivity index (χ2n) is 8.97. The molecule has 3 atom stereocenters. The van der Waals surface area contributed by atoms with E-state index in [1.165, 1.54) is 16.4 Å². The van der Waals surface area contributed by atoms with Crippen molar-refractivity contribution < 1.29 is 31.9 Å². The van der Waals surface area contributed by atoms with Crippen LogP contribution in [0.2, 0.25) is 0 Å². The number of morpholine rings is 1. The molecule has 33 heavy (non-hydrogen) atoms. The van der Waals surface area contributed by atoms with Crippen LogP contribution in [0.15, 0.2) is 21.6 Å². The van der Waals surface area contributed by atoms with E-state index >= 15 is 0 Å². The lowest BCUT2D eigenvalue weighted by molar-refractivity contribution is -0.146. The molecule has 0 radical (unpaired) electrons. The van der Waals surface area contributed by atoms with E-state index in [9.17, 15) is 18.0 Å². The Morgan fingerprint density at radius 1 is 1.09 bits per heavy atom. The molecule has 2 aliphatic heterocycles. The van der Waals surface area contributed by atoms with E-state index in [1.54, 1.807) is 11.8 Å². The minimum atomic E-state index is -3.92. The van der Waals surface area contributed by atoms with Crippen LogP contribution in [-0.2, 0) is 24.3 Å². The van der Waals surface area contributed by atoms with Gasteiger partial charge in [-0.3, -0.25) is 9.69 Å². The second kappa shape index (κ2) is 10.5. The summed E-state index contributed by atoms with van der Waals surface area (Å²) >= 11 is 0. The van der Waals surface area contributed by atoms with Crippen LogP contribution < -0.4 is 0 Å². The van der Waals surface area contributed by atoms with Crippen LogP contribution in [0.5, 0.6) is 0 Å². The topological polar surface area (TPSA) is 110 Å². The highest BCUT2D eigenvalue weighted by molar-refractivity contribution is 7.89. The van der Waals surface area contributed by atoms with E-state index in [0.717, 1.165) is 0 Å². The SMILES string of the molecule is CCOC(=O)c1ccc(S(=O)(=O)N2CCN(C(=O)C(C(C)C)N3CC(C)OC(C)C3)CC2)o1. The van der Waals surface area contributed by atoms with Gasteiger partial charge in [-0.15, -0.1) is 0 Å². The quantitative estimate of drug-likeness (QED) is 0.534. The van der Waals surface area contributed by atoms with Gasteiger partial charge in [-0.1, -0.05) is 13.8 Å². The van der Waals surface area contributed by atoms with Crippen LogP contribution in [0, 0.1) is 5.92 Å². The average Bonchev–Trinajstić information content (AvgIpc) is 3.24. The van der Waals surface area contributed by atoms with Gasteiger partial charge in [-0.2, -0.15) is 4.31 Å². The Kier molecular flexibility index (Phi) is 8.20. The molecule has 1 aromatic rings. The van der Waals surface area contributed by atoms with Gasteiger partial charge in [0.25, 0.3) is 10.0 Å². The Bertz CT molecular complexity index is 928. The molecule has 0 spiro atoms. The Balaban J connectivity index is 1.65. The zero-order valence-corrected chi connectivity index (χ0v) is 20.8. The first-order chi connectivity index (χ1) is 15.5. The molecule has 1 aromatic heterocycles. The van der Waals surface area contributed by atoms with Gasteiger partial charge in [0.15, 0.2) is 0 Å². The summed E-state index contributed by atoms with van der Waals surface area (Å²) in [5.41, 5.74) is 0. The van der Waals surface area contributed by atoms with E-state index in [2.05, 4.69) is 4.90 Å². The highest BCUT2D eigenvalue weighted by Gasteiger charge is 2.39. The Labute approximate surface area is 195 Å². The van der Waals surface area contributed by atoms with Gasteiger partial charge in [0.1, 0.15) is 0 Å². The van der Waals surface area contributed by atoms with Gasteiger partial charge >= 0.3 is 5.97 Å². The van der Waals surface area contributed by atoms with E-state index in [0.29, 0.717) is 26.2 Å². The number of nitrogens with zero attached hydrogens (tertiary/aromatic N) is 3. The molecule has 0 N–H and O–H groups in total. The largest absolute Gasteiger partial charge is 0.460 e. The molecule has 2 fully saturated rings. The van der Waals surface area contributed by atoms with Gasteiger partial charge in [-0.25, -0.2) is 13.2 Å². The van der Waals surface area contributed by atoms with Crippen molar-refractivity contribution in [2.24, 2.45) is 5.92 Å². The summed E-state index contributed by atoms with van der Waals surface area (Å²) < 4.78 is 43.2. The number of ether oxygens (including phenoxy) is 2. The number of hydrogen-bond donors (Lipinski definition) is 0. The molecule has 2 aliphatic rings. The predicted octanol–water partition coefficient (Wildman–Crippen LogP) is 1.42. The maximum atomic E-state index is 13.4. The van der Waals surface area contributed by atoms with Crippen molar-refractivity contribution in [1.29, 1.82) is 0 Å². The lowest BCUT2D eigenvalue weighted by Crippen LogP contribution is -2.60. The van der Waals surface area contributed by atoms with Crippen LogP contribution in [0.4, 0.5) is 0 Å². The predicted molar refractivity (Wildman–Crippen MR) is 120 cm³/mol. The van der Waals surface area contributed by atoms with E-state index in [1.807, 2.05) is 27.7 Å². The maximum absolute atomic E-state index is 13.4. The lowest BCUT2D eigenvalue weighted by Gasteiger charge is -2.43. The first-order valence-electron chi connectivity index (χ1n) is 11.5. The van der Waals surface area contributed by atoms with Crippen LogP contribution in [0.3, 0.4) is 0 Å². The lowest BCUT2D eigenvalue weighted by atomic mass is 9.98. The normalized spacial score (nSPS) is 24.1. The van der Waals surface area contributed by atoms with Gasteiger partial charge in [0.05, 0.1) is 24.9 Å². The molecule has 10 nitrogen and oxygen atoms in total. The van der Waals surface area contributed by atoms with Crippen LogP contribution in [-0.4, -0.2) is 98.5 Å². The molecule has 0 saturated carbocycles. The van der Waals surface area contributed by atoms with E-state index in [-0.39, 0.29) is 60.6 Å². The van der Waals surface area contributed by atoms with Crippen molar-refractivity contribution in [1.82, 2.24) is 14.1 Å². The summed E-state index contributed by atoms with van der Waals surface area (Å²) in [7, 11) is -3.92. The maximum Gasteiger partial charge on any atom is 0.374 e. The molecular formula is C22H35N3O7S. The molecule has 0 aliphatic carbocycles. The number of amides is 1. The molecule has 1 amide bonds. The smallest absolute Gasteiger partial charge is 0.374 e. The van der Waals surface area contributed by atoms with Crippen LogP contribution in [0.25, 0.3) is 0 Å². The molecule has 2 saturated heterocycles. The van der Waals surface area contributed by atoms with Gasteiger partial charge in [0, 0.05) is 39.3 Å². The molecule has 3 rings (SSSR count). The Morgan fingerprint density at radius 2 is 1.70 bits per heavy atom. The number of esters is 1. The Hall–Kier alpha value is -1.95. The van der Waals surface area contributed by atoms with E-state index in [4.69, 9.17) is 13.9 Å². The number of piperazine rings is 1. The first kappa shape index (κ1) is 25.7. The van der Waals surface area contributed by atoms with Crippen molar-refractivity contribution in [3.8, 4) is 0 Å². The van der Waals surface area contributed by atoms with Crippen molar-refractivity contribution in [2.75, 3.05) is 45.9 Å².